The summed E-state index contributed by atoms with van der Waals surface area (Å²) in [5.74, 6) is 0.660. The topological polar surface area (TPSA) is 131 Å². The SMILES string of the molecule is C[C@@H]1[C@H](NC(=O)c2ccc(C3CC3)nc2)CCCN1C1=CCC(Nc2ccc(OC3CCOCC3)cc2)=C(C(N)=O)N=C1. The number of ether oxygens (including phenoxy) is 2. The van der Waals surface area contributed by atoms with Crippen molar-refractivity contribution in [2.45, 2.75) is 76.0 Å². The van der Waals surface area contributed by atoms with E-state index in [2.05, 4.69) is 38.5 Å². The van der Waals surface area contributed by atoms with Crippen molar-refractivity contribution in [3.8, 4) is 5.75 Å². The molecule has 4 N–H and O–H groups in total. The predicted octanol–water partition coefficient (Wildman–Crippen LogP) is 4.27. The van der Waals surface area contributed by atoms with E-state index in [4.69, 9.17) is 15.2 Å². The maximum atomic E-state index is 13.1. The van der Waals surface area contributed by atoms with Crippen LogP contribution in [0.4, 0.5) is 5.69 Å². The first kappa shape index (κ1) is 28.9. The molecule has 226 valence electrons. The minimum absolute atomic E-state index is 0.0314. The number of carbonyl (C=O) groups is 2. The third kappa shape index (κ3) is 7.07. The Bertz CT molecular complexity index is 1410. The van der Waals surface area contributed by atoms with E-state index in [0.29, 0.717) is 23.6 Å². The molecular weight excluding hydrogens is 544 g/mol. The number of likely N-dealkylation sites (tertiary alicyclic amines) is 1. The lowest BCUT2D eigenvalue weighted by atomic mass is 9.96. The zero-order valence-electron chi connectivity index (χ0n) is 24.6. The van der Waals surface area contributed by atoms with Crippen LogP contribution < -0.4 is 21.1 Å². The van der Waals surface area contributed by atoms with E-state index >= 15 is 0 Å². The molecule has 2 atom stereocenters. The van der Waals surface area contributed by atoms with Gasteiger partial charge in [-0.1, -0.05) is 6.08 Å². The molecule has 0 spiro atoms. The molecular formula is C33H40N6O4. The first-order chi connectivity index (χ1) is 20.9. The molecule has 3 aliphatic heterocycles. The fourth-order valence-electron chi connectivity index (χ4n) is 5.97. The normalized spacial score (nSPS) is 22.9. The van der Waals surface area contributed by atoms with Gasteiger partial charge in [0.15, 0.2) is 0 Å². The molecule has 3 fully saturated rings. The van der Waals surface area contributed by atoms with E-state index < -0.39 is 5.91 Å². The van der Waals surface area contributed by atoms with Gasteiger partial charge in [0.2, 0.25) is 0 Å². The molecule has 4 heterocycles. The summed E-state index contributed by atoms with van der Waals surface area (Å²) in [5.41, 5.74) is 9.95. The number of allylic oxidation sites excluding steroid dienone is 2. The van der Waals surface area contributed by atoms with Crippen molar-refractivity contribution in [1.29, 1.82) is 0 Å². The first-order valence-electron chi connectivity index (χ1n) is 15.4. The van der Waals surface area contributed by atoms with Crippen LogP contribution in [0, 0.1) is 0 Å². The molecule has 6 rings (SSSR count). The Morgan fingerprint density at radius 1 is 1.05 bits per heavy atom. The van der Waals surface area contributed by atoms with Crippen LogP contribution >= 0.6 is 0 Å². The summed E-state index contributed by atoms with van der Waals surface area (Å²) in [6.07, 6.45) is 12.0. The lowest BCUT2D eigenvalue weighted by Gasteiger charge is -2.41. The lowest BCUT2D eigenvalue weighted by molar-refractivity contribution is -0.114. The highest BCUT2D eigenvalue weighted by molar-refractivity contribution is 5.96. The highest BCUT2D eigenvalue weighted by Crippen LogP contribution is 2.38. The number of pyridine rings is 1. The highest BCUT2D eigenvalue weighted by atomic mass is 16.5. The number of nitrogens with zero attached hydrogens (tertiary/aromatic N) is 3. The van der Waals surface area contributed by atoms with Gasteiger partial charge in [0.25, 0.3) is 11.8 Å². The molecule has 10 heteroatoms. The van der Waals surface area contributed by atoms with E-state index in [-0.39, 0.29) is 29.8 Å². The average molecular weight is 585 g/mol. The van der Waals surface area contributed by atoms with Crippen LogP contribution in [0.25, 0.3) is 0 Å². The van der Waals surface area contributed by atoms with Gasteiger partial charge < -0.3 is 30.7 Å². The molecule has 0 unspecified atom stereocenters. The number of carbonyl (C=O) groups excluding carboxylic acids is 2. The highest BCUT2D eigenvalue weighted by Gasteiger charge is 2.31. The molecule has 10 nitrogen and oxygen atoms in total. The zero-order valence-corrected chi connectivity index (χ0v) is 24.6. The van der Waals surface area contributed by atoms with E-state index in [9.17, 15) is 9.59 Å². The van der Waals surface area contributed by atoms with Crippen LogP contribution in [0.2, 0.25) is 0 Å². The number of rotatable bonds is 9. The minimum atomic E-state index is -0.592. The largest absolute Gasteiger partial charge is 0.490 e. The number of nitrogens with one attached hydrogen (secondary N) is 2. The maximum Gasteiger partial charge on any atom is 0.269 e. The number of aromatic nitrogens is 1. The zero-order chi connectivity index (χ0) is 29.8. The third-order valence-corrected chi connectivity index (χ3v) is 8.66. The van der Waals surface area contributed by atoms with Gasteiger partial charge in [0.05, 0.1) is 36.4 Å². The van der Waals surface area contributed by atoms with Crippen molar-refractivity contribution in [2.75, 3.05) is 25.1 Å². The number of primary amides is 1. The molecule has 2 amide bonds. The van der Waals surface area contributed by atoms with Crippen LogP contribution in [0.15, 0.2) is 70.8 Å². The Hall–Kier alpha value is -4.18. The van der Waals surface area contributed by atoms with Gasteiger partial charge in [0, 0.05) is 61.4 Å². The fraction of sp³-hybridized carbons (Fsp3) is 0.455. The summed E-state index contributed by atoms with van der Waals surface area (Å²) in [6.45, 7) is 4.39. The maximum absolute atomic E-state index is 13.1. The third-order valence-electron chi connectivity index (χ3n) is 8.66. The molecule has 43 heavy (non-hydrogen) atoms. The molecule has 0 bridgehead atoms. The number of nitrogens with two attached hydrogens (primary N) is 1. The minimum Gasteiger partial charge on any atom is -0.490 e. The van der Waals surface area contributed by atoms with E-state index in [1.165, 1.54) is 12.8 Å². The van der Waals surface area contributed by atoms with Crippen LogP contribution in [0.5, 0.6) is 5.75 Å². The number of aliphatic imine (C=N–C) groups is 1. The molecule has 2 saturated heterocycles. The van der Waals surface area contributed by atoms with E-state index in [1.54, 1.807) is 12.4 Å². The summed E-state index contributed by atoms with van der Waals surface area (Å²) >= 11 is 0. The summed E-state index contributed by atoms with van der Waals surface area (Å²) in [6, 6.07) is 11.5. The Kier molecular flexibility index (Phi) is 8.74. The Labute approximate surface area is 252 Å². The number of amides is 2. The van der Waals surface area contributed by atoms with Gasteiger partial charge in [0.1, 0.15) is 17.6 Å². The van der Waals surface area contributed by atoms with Crippen LogP contribution in [0.3, 0.4) is 0 Å². The Balaban J connectivity index is 1.10. The van der Waals surface area contributed by atoms with Crippen LogP contribution in [-0.4, -0.2) is 65.9 Å². The van der Waals surface area contributed by atoms with Crippen molar-refractivity contribution >= 4 is 23.7 Å². The van der Waals surface area contributed by atoms with Gasteiger partial charge in [-0.2, -0.15) is 0 Å². The molecule has 1 saturated carbocycles. The van der Waals surface area contributed by atoms with Crippen molar-refractivity contribution in [3.05, 3.63) is 77.0 Å². The van der Waals surface area contributed by atoms with Gasteiger partial charge in [-0.05, 0) is 69.0 Å². The smallest absolute Gasteiger partial charge is 0.269 e. The van der Waals surface area contributed by atoms with Crippen LogP contribution in [0.1, 0.15) is 73.8 Å². The lowest BCUT2D eigenvalue weighted by Crippen LogP contribution is -2.53. The first-order valence-corrected chi connectivity index (χ1v) is 15.4. The number of anilines is 1. The van der Waals surface area contributed by atoms with Crippen LogP contribution in [-0.2, 0) is 9.53 Å². The Morgan fingerprint density at radius 2 is 1.84 bits per heavy atom. The Morgan fingerprint density at radius 3 is 2.53 bits per heavy atom. The predicted molar refractivity (Wildman–Crippen MR) is 165 cm³/mol. The number of piperidine rings is 1. The van der Waals surface area contributed by atoms with Crippen molar-refractivity contribution in [1.82, 2.24) is 15.2 Å². The van der Waals surface area contributed by atoms with Crippen molar-refractivity contribution in [2.24, 2.45) is 10.7 Å². The summed E-state index contributed by atoms with van der Waals surface area (Å²) < 4.78 is 11.5. The average Bonchev–Trinajstić information content (AvgIpc) is 3.88. The second-order valence-corrected chi connectivity index (χ2v) is 11.8. The molecule has 4 aliphatic rings. The molecule has 1 aromatic heterocycles. The van der Waals surface area contributed by atoms with Gasteiger partial charge in [-0.3, -0.25) is 14.6 Å². The second-order valence-electron chi connectivity index (χ2n) is 11.8. The quantitative estimate of drug-likeness (QED) is 0.401. The number of hydrogen-bond donors (Lipinski definition) is 3. The fourth-order valence-corrected chi connectivity index (χ4v) is 5.97. The number of hydrogen-bond acceptors (Lipinski definition) is 8. The summed E-state index contributed by atoms with van der Waals surface area (Å²) in [7, 11) is 0. The van der Waals surface area contributed by atoms with Crippen molar-refractivity contribution < 1.29 is 19.1 Å². The van der Waals surface area contributed by atoms with Gasteiger partial charge >= 0.3 is 0 Å². The monoisotopic (exact) mass is 584 g/mol. The molecule has 1 aliphatic carbocycles. The standard InChI is InChI=1S/C33H40N6O4/c1-21-28(38-33(41)23-6-12-29(35-19-23)22-4-5-22)3-2-16-39(21)25-9-13-30(31(32(34)40)36-20-25)37-24-7-10-26(11-8-24)43-27-14-17-42-18-15-27/h6-12,19-22,27-28,37H,2-5,13-18H2,1H3,(H2,34,40)(H,38,41)/t21-,28-/m1/s1. The second kappa shape index (κ2) is 13.0. The summed E-state index contributed by atoms with van der Waals surface area (Å²) in [4.78, 5) is 36.7. The number of benzene rings is 1. The van der Waals surface area contributed by atoms with E-state index in [1.807, 2.05) is 36.4 Å². The van der Waals surface area contributed by atoms with Gasteiger partial charge in [-0.15, -0.1) is 0 Å². The van der Waals surface area contributed by atoms with Crippen molar-refractivity contribution in [3.63, 3.8) is 0 Å². The molecule has 1 aromatic carbocycles. The van der Waals surface area contributed by atoms with Gasteiger partial charge in [-0.25, -0.2) is 4.99 Å². The molecule has 0 radical (unpaired) electrons. The molecule has 2 aromatic rings. The summed E-state index contributed by atoms with van der Waals surface area (Å²) in [5, 5.41) is 6.58. The van der Waals surface area contributed by atoms with E-state index in [0.717, 1.165) is 68.3 Å².